The Morgan fingerprint density at radius 2 is 1.92 bits per heavy atom. The molecule has 2 heterocycles. The number of allylic oxidation sites excluding steroid dienone is 1. The summed E-state index contributed by atoms with van der Waals surface area (Å²) in [6.07, 6.45) is 0.538. The molecule has 0 aliphatic rings. The maximum absolute atomic E-state index is 13.7. The quantitative estimate of drug-likeness (QED) is 0.730. The molecule has 0 saturated heterocycles. The predicted octanol–water partition coefficient (Wildman–Crippen LogP) is 2.72. The molecule has 3 aromatic rings. The van der Waals surface area contributed by atoms with E-state index in [0.717, 1.165) is 22.9 Å². The van der Waals surface area contributed by atoms with Crippen molar-refractivity contribution in [2.75, 3.05) is 6.54 Å². The summed E-state index contributed by atoms with van der Waals surface area (Å²) in [4.78, 5) is 7.62. The number of halogens is 4. The van der Waals surface area contributed by atoms with E-state index in [1.54, 1.807) is 0 Å². The predicted molar refractivity (Wildman–Crippen MR) is 81.8 cm³/mol. The molecule has 2 aromatic heterocycles. The van der Waals surface area contributed by atoms with Crippen LogP contribution in [0.2, 0.25) is 0 Å². The first-order chi connectivity index (χ1) is 11.9. The van der Waals surface area contributed by atoms with Crippen molar-refractivity contribution in [1.82, 2.24) is 25.0 Å². The van der Waals surface area contributed by atoms with Gasteiger partial charge in [0.2, 0.25) is 0 Å². The molecule has 25 heavy (non-hydrogen) atoms. The van der Waals surface area contributed by atoms with Gasteiger partial charge in [0.05, 0.1) is 17.6 Å². The fourth-order valence-corrected chi connectivity index (χ4v) is 2.34. The molecule has 1 aromatic carbocycles. The number of rotatable bonds is 4. The van der Waals surface area contributed by atoms with Crippen LogP contribution in [0.4, 0.5) is 17.6 Å². The largest absolute Gasteiger partial charge is 0.416 e. The van der Waals surface area contributed by atoms with Gasteiger partial charge >= 0.3 is 6.18 Å². The van der Waals surface area contributed by atoms with Crippen LogP contribution in [0, 0.1) is 0 Å². The van der Waals surface area contributed by atoms with Crippen LogP contribution in [0.3, 0.4) is 0 Å². The molecule has 0 unspecified atom stereocenters. The van der Waals surface area contributed by atoms with Gasteiger partial charge in [0.25, 0.3) is 0 Å². The number of alkyl halides is 3. The Morgan fingerprint density at radius 3 is 2.56 bits per heavy atom. The lowest BCUT2D eigenvalue weighted by molar-refractivity contribution is -0.137. The normalized spacial score (nSPS) is 12.8. The van der Waals surface area contributed by atoms with Crippen LogP contribution in [0.1, 0.15) is 5.56 Å². The van der Waals surface area contributed by atoms with E-state index in [0.29, 0.717) is 5.56 Å². The van der Waals surface area contributed by atoms with Crippen molar-refractivity contribution in [3.8, 4) is 11.1 Å². The van der Waals surface area contributed by atoms with Crippen molar-refractivity contribution >= 4 is 11.0 Å². The minimum Gasteiger partial charge on any atom is -0.327 e. The van der Waals surface area contributed by atoms with Gasteiger partial charge in [-0.25, -0.2) is 19.0 Å². The Balaban J connectivity index is 2.22. The molecule has 10 heteroatoms. The molecule has 2 N–H and O–H groups in total. The Hall–Kier alpha value is -2.88. The van der Waals surface area contributed by atoms with Gasteiger partial charge < -0.3 is 5.73 Å². The van der Waals surface area contributed by atoms with Crippen LogP contribution in [0.5, 0.6) is 0 Å². The summed E-state index contributed by atoms with van der Waals surface area (Å²) >= 11 is 0. The summed E-state index contributed by atoms with van der Waals surface area (Å²) in [6.45, 7) is -0.390. The van der Waals surface area contributed by atoms with E-state index in [1.165, 1.54) is 18.7 Å². The second-order valence-electron chi connectivity index (χ2n) is 5.15. The number of hydrogen-bond donors (Lipinski definition) is 1. The Kier molecular flexibility index (Phi) is 4.45. The first-order valence-electron chi connectivity index (χ1n) is 7.14. The van der Waals surface area contributed by atoms with E-state index < -0.39 is 17.6 Å². The zero-order valence-corrected chi connectivity index (χ0v) is 12.7. The Bertz CT molecular complexity index is 917. The van der Waals surface area contributed by atoms with Gasteiger partial charge in [0.15, 0.2) is 0 Å². The molecule has 0 aliphatic carbocycles. The van der Waals surface area contributed by atoms with Crippen molar-refractivity contribution < 1.29 is 17.6 Å². The van der Waals surface area contributed by atoms with Crippen LogP contribution in [-0.2, 0) is 12.7 Å². The minimum absolute atomic E-state index is 0.0289. The highest BCUT2D eigenvalue weighted by Gasteiger charge is 2.32. The minimum atomic E-state index is -4.58. The maximum Gasteiger partial charge on any atom is 0.416 e. The van der Waals surface area contributed by atoms with E-state index in [2.05, 4.69) is 20.3 Å². The summed E-state index contributed by atoms with van der Waals surface area (Å²) in [6, 6.07) is 1.84. The first kappa shape index (κ1) is 17.0. The third-order valence-electron chi connectivity index (χ3n) is 3.46. The van der Waals surface area contributed by atoms with Gasteiger partial charge in [-0.3, -0.25) is 0 Å². The molecule has 3 rings (SSSR count). The number of fused-ring (bicyclic) bond motifs is 1. The zero-order chi connectivity index (χ0) is 18.0. The fraction of sp³-hybridized carbons (Fsp3) is 0.200. The van der Waals surface area contributed by atoms with Gasteiger partial charge in [-0.05, 0) is 18.2 Å². The SMILES string of the molecule is NC/C=C(\F)Cn1nnc2c(-c3cncnc3)cc(C(F)(F)F)cc21. The number of aromatic nitrogens is 5. The average molecular weight is 352 g/mol. The summed E-state index contributed by atoms with van der Waals surface area (Å²) in [7, 11) is 0. The fourth-order valence-electron chi connectivity index (χ4n) is 2.34. The summed E-state index contributed by atoms with van der Waals surface area (Å²) < 4.78 is 54.5. The Morgan fingerprint density at radius 1 is 1.20 bits per heavy atom. The highest BCUT2D eigenvalue weighted by Crippen LogP contribution is 2.36. The third kappa shape index (κ3) is 3.48. The highest BCUT2D eigenvalue weighted by atomic mass is 19.4. The Labute approximate surface area is 139 Å². The van der Waals surface area contributed by atoms with E-state index in [9.17, 15) is 17.6 Å². The first-order valence-corrected chi connectivity index (χ1v) is 7.14. The number of benzene rings is 1. The van der Waals surface area contributed by atoms with Crippen LogP contribution in [0.15, 0.2) is 42.8 Å². The summed E-state index contributed by atoms with van der Waals surface area (Å²) in [5, 5.41) is 7.66. The highest BCUT2D eigenvalue weighted by molar-refractivity contribution is 5.92. The zero-order valence-electron chi connectivity index (χ0n) is 12.7. The van der Waals surface area contributed by atoms with Crippen molar-refractivity contribution in [2.45, 2.75) is 12.7 Å². The number of nitrogens with zero attached hydrogens (tertiary/aromatic N) is 5. The number of nitrogens with two attached hydrogens (primary N) is 1. The lowest BCUT2D eigenvalue weighted by Crippen LogP contribution is -2.07. The molecular weight excluding hydrogens is 340 g/mol. The maximum atomic E-state index is 13.7. The summed E-state index contributed by atoms with van der Waals surface area (Å²) in [5.41, 5.74) is 5.10. The molecule has 0 fully saturated rings. The van der Waals surface area contributed by atoms with Gasteiger partial charge in [0, 0.05) is 30.1 Å². The van der Waals surface area contributed by atoms with Crippen molar-refractivity contribution in [3.05, 3.63) is 48.3 Å². The standard InChI is InChI=1S/C15H12F4N6/c16-11(1-2-20)7-25-13-4-10(15(17,18)19)3-12(14(13)23-24-25)9-5-21-8-22-6-9/h1,3-6,8H,2,7,20H2/b11-1-. The second kappa shape index (κ2) is 6.55. The molecule has 6 nitrogen and oxygen atoms in total. The van der Waals surface area contributed by atoms with Gasteiger partial charge in [-0.1, -0.05) is 5.21 Å². The molecule has 0 radical (unpaired) electrons. The molecule has 130 valence electrons. The monoisotopic (exact) mass is 352 g/mol. The summed E-state index contributed by atoms with van der Waals surface area (Å²) in [5.74, 6) is -0.615. The van der Waals surface area contributed by atoms with Crippen LogP contribution >= 0.6 is 0 Å². The van der Waals surface area contributed by atoms with E-state index in [1.807, 2.05) is 0 Å². The van der Waals surface area contributed by atoms with Crippen LogP contribution < -0.4 is 5.73 Å². The third-order valence-corrected chi connectivity index (χ3v) is 3.46. The topological polar surface area (TPSA) is 82.5 Å². The molecule has 0 saturated carbocycles. The molecule has 0 spiro atoms. The van der Waals surface area contributed by atoms with Crippen molar-refractivity contribution in [2.24, 2.45) is 5.73 Å². The van der Waals surface area contributed by atoms with Crippen LogP contribution in [0.25, 0.3) is 22.2 Å². The second-order valence-corrected chi connectivity index (χ2v) is 5.15. The van der Waals surface area contributed by atoms with Gasteiger partial charge in [0.1, 0.15) is 17.7 Å². The van der Waals surface area contributed by atoms with Crippen molar-refractivity contribution in [1.29, 1.82) is 0 Å². The van der Waals surface area contributed by atoms with Crippen LogP contribution in [-0.4, -0.2) is 31.5 Å². The number of hydrogen-bond acceptors (Lipinski definition) is 5. The smallest absolute Gasteiger partial charge is 0.327 e. The average Bonchev–Trinajstić information content (AvgIpc) is 2.97. The van der Waals surface area contributed by atoms with E-state index in [-0.39, 0.29) is 29.7 Å². The lowest BCUT2D eigenvalue weighted by Gasteiger charge is -2.10. The molecular formula is C15H12F4N6. The molecule has 0 bridgehead atoms. The van der Waals surface area contributed by atoms with Gasteiger partial charge in [-0.15, -0.1) is 5.10 Å². The van der Waals surface area contributed by atoms with E-state index >= 15 is 0 Å². The van der Waals surface area contributed by atoms with Crippen molar-refractivity contribution in [3.63, 3.8) is 0 Å². The molecule has 0 atom stereocenters. The molecule has 0 aliphatic heterocycles. The van der Waals surface area contributed by atoms with Gasteiger partial charge in [-0.2, -0.15) is 13.2 Å². The van der Waals surface area contributed by atoms with E-state index in [4.69, 9.17) is 5.73 Å². The molecule has 0 amide bonds. The lowest BCUT2D eigenvalue weighted by atomic mass is 10.0.